The standard InChI is InChI=1S/C15H32N2O2S/c1-5-8-16-12-14-7-6-9-17(13-14)10-11-20(18,19)15(2,3)4/h14,16H,5-13H2,1-4H3. The number of nitrogens with one attached hydrogen (secondary N) is 1. The average molecular weight is 305 g/mol. The van der Waals surface area contributed by atoms with Crippen LogP contribution in [0.25, 0.3) is 0 Å². The van der Waals surface area contributed by atoms with Gasteiger partial charge in [0.2, 0.25) is 0 Å². The summed E-state index contributed by atoms with van der Waals surface area (Å²) < 4.78 is 23.7. The molecular weight excluding hydrogens is 272 g/mol. The van der Waals surface area contributed by atoms with Crippen molar-refractivity contribution >= 4 is 9.84 Å². The minimum Gasteiger partial charge on any atom is -0.316 e. The number of sulfone groups is 1. The van der Waals surface area contributed by atoms with E-state index in [1.54, 1.807) is 20.8 Å². The molecule has 0 aliphatic carbocycles. The minimum absolute atomic E-state index is 0.283. The third-order valence-electron chi connectivity index (χ3n) is 4.07. The molecule has 1 unspecified atom stereocenters. The highest BCUT2D eigenvalue weighted by atomic mass is 32.2. The van der Waals surface area contributed by atoms with Crippen LogP contribution < -0.4 is 5.32 Å². The van der Waals surface area contributed by atoms with Crippen molar-refractivity contribution in [3.05, 3.63) is 0 Å². The fraction of sp³-hybridized carbons (Fsp3) is 1.00. The Balaban J connectivity index is 2.37. The Morgan fingerprint density at radius 3 is 2.60 bits per heavy atom. The first-order valence-electron chi connectivity index (χ1n) is 7.91. The summed E-state index contributed by atoms with van der Waals surface area (Å²) in [4.78, 5) is 2.32. The number of hydrogen-bond donors (Lipinski definition) is 1. The molecule has 0 bridgehead atoms. The summed E-state index contributed by atoms with van der Waals surface area (Å²) in [6.45, 7) is 12.5. The lowest BCUT2D eigenvalue weighted by Crippen LogP contribution is -2.43. The maximum Gasteiger partial charge on any atom is 0.156 e. The quantitative estimate of drug-likeness (QED) is 0.730. The highest BCUT2D eigenvalue weighted by molar-refractivity contribution is 7.92. The fourth-order valence-electron chi connectivity index (χ4n) is 2.56. The molecule has 1 aliphatic heterocycles. The van der Waals surface area contributed by atoms with Crippen LogP contribution in [0.15, 0.2) is 0 Å². The first-order valence-corrected chi connectivity index (χ1v) is 9.57. The van der Waals surface area contributed by atoms with Crippen LogP contribution in [-0.2, 0) is 9.84 Å². The van der Waals surface area contributed by atoms with Crippen LogP contribution in [0.5, 0.6) is 0 Å². The zero-order chi connectivity index (χ0) is 15.2. The normalized spacial score (nSPS) is 22.1. The maximum atomic E-state index is 12.1. The number of likely N-dealkylation sites (tertiary alicyclic amines) is 1. The Bertz CT molecular complexity index is 374. The van der Waals surface area contributed by atoms with E-state index in [0.29, 0.717) is 12.5 Å². The van der Waals surface area contributed by atoms with E-state index in [4.69, 9.17) is 0 Å². The van der Waals surface area contributed by atoms with Crippen LogP contribution in [0, 0.1) is 5.92 Å². The Hall–Kier alpha value is -0.130. The summed E-state index contributed by atoms with van der Waals surface area (Å²) in [5.74, 6) is 0.957. The number of piperidine rings is 1. The van der Waals surface area contributed by atoms with Gasteiger partial charge in [-0.3, -0.25) is 0 Å². The molecule has 4 nitrogen and oxygen atoms in total. The largest absolute Gasteiger partial charge is 0.316 e. The van der Waals surface area contributed by atoms with Crippen molar-refractivity contribution in [3.8, 4) is 0 Å². The van der Waals surface area contributed by atoms with Crippen LogP contribution in [0.2, 0.25) is 0 Å². The molecule has 1 N–H and O–H groups in total. The second-order valence-electron chi connectivity index (χ2n) is 6.94. The highest BCUT2D eigenvalue weighted by Gasteiger charge is 2.29. The van der Waals surface area contributed by atoms with Gasteiger partial charge in [-0.05, 0) is 65.6 Å². The number of hydrogen-bond acceptors (Lipinski definition) is 4. The molecule has 0 aromatic carbocycles. The summed E-state index contributed by atoms with van der Waals surface area (Å²) in [5, 5.41) is 3.48. The Morgan fingerprint density at radius 2 is 2.00 bits per heavy atom. The average Bonchev–Trinajstić information content (AvgIpc) is 2.36. The van der Waals surface area contributed by atoms with E-state index in [2.05, 4.69) is 17.1 Å². The smallest absolute Gasteiger partial charge is 0.156 e. The Morgan fingerprint density at radius 1 is 1.30 bits per heavy atom. The van der Waals surface area contributed by atoms with Gasteiger partial charge in [-0.15, -0.1) is 0 Å². The summed E-state index contributed by atoms with van der Waals surface area (Å²) in [5.41, 5.74) is 0. The van der Waals surface area contributed by atoms with E-state index in [1.165, 1.54) is 19.3 Å². The molecular formula is C15H32N2O2S. The summed E-state index contributed by atoms with van der Waals surface area (Å²) >= 11 is 0. The molecule has 5 heteroatoms. The highest BCUT2D eigenvalue weighted by Crippen LogP contribution is 2.19. The number of nitrogens with zero attached hydrogens (tertiary/aromatic N) is 1. The summed E-state index contributed by atoms with van der Waals surface area (Å²) in [7, 11) is -2.99. The van der Waals surface area contributed by atoms with Gasteiger partial charge in [-0.25, -0.2) is 8.42 Å². The monoisotopic (exact) mass is 304 g/mol. The van der Waals surface area contributed by atoms with E-state index >= 15 is 0 Å². The molecule has 20 heavy (non-hydrogen) atoms. The second kappa shape index (κ2) is 7.76. The molecule has 1 aliphatic rings. The van der Waals surface area contributed by atoms with Crippen molar-refractivity contribution < 1.29 is 8.42 Å². The van der Waals surface area contributed by atoms with Gasteiger partial charge in [0.15, 0.2) is 9.84 Å². The SMILES string of the molecule is CCCNCC1CCCN(CCS(=O)(=O)C(C)(C)C)C1. The van der Waals surface area contributed by atoms with Gasteiger partial charge in [-0.1, -0.05) is 6.92 Å². The van der Waals surface area contributed by atoms with Crippen molar-refractivity contribution in [2.24, 2.45) is 5.92 Å². The van der Waals surface area contributed by atoms with Gasteiger partial charge in [-0.2, -0.15) is 0 Å². The van der Waals surface area contributed by atoms with Crippen LogP contribution in [0.3, 0.4) is 0 Å². The van der Waals surface area contributed by atoms with Gasteiger partial charge in [0.25, 0.3) is 0 Å². The van der Waals surface area contributed by atoms with E-state index < -0.39 is 14.6 Å². The van der Waals surface area contributed by atoms with Crippen molar-refractivity contribution in [1.29, 1.82) is 0 Å². The molecule has 0 saturated carbocycles. The van der Waals surface area contributed by atoms with Gasteiger partial charge in [0, 0.05) is 13.1 Å². The molecule has 1 atom stereocenters. The molecule has 0 spiro atoms. The van der Waals surface area contributed by atoms with E-state index in [9.17, 15) is 8.42 Å². The Labute approximate surface area is 125 Å². The molecule has 0 radical (unpaired) electrons. The van der Waals surface area contributed by atoms with Crippen molar-refractivity contribution in [2.75, 3.05) is 38.5 Å². The van der Waals surface area contributed by atoms with Gasteiger partial charge in [0.05, 0.1) is 10.5 Å². The van der Waals surface area contributed by atoms with E-state index in [1.807, 2.05) is 0 Å². The van der Waals surface area contributed by atoms with Gasteiger partial charge >= 0.3 is 0 Å². The molecule has 0 amide bonds. The Kier molecular flexibility index (Phi) is 6.95. The summed E-state index contributed by atoms with van der Waals surface area (Å²) in [6, 6.07) is 0. The van der Waals surface area contributed by atoms with E-state index in [0.717, 1.165) is 26.2 Å². The van der Waals surface area contributed by atoms with E-state index in [-0.39, 0.29) is 5.75 Å². The lowest BCUT2D eigenvalue weighted by atomic mass is 9.98. The predicted molar refractivity (Wildman–Crippen MR) is 85.9 cm³/mol. The molecule has 1 rings (SSSR count). The molecule has 0 aromatic heterocycles. The third kappa shape index (κ3) is 5.70. The molecule has 1 saturated heterocycles. The molecule has 0 aromatic rings. The maximum absolute atomic E-state index is 12.1. The molecule has 1 fully saturated rings. The first-order chi connectivity index (χ1) is 9.26. The number of rotatable bonds is 7. The predicted octanol–water partition coefficient (Wildman–Crippen LogP) is 1.91. The molecule has 120 valence electrons. The van der Waals surface area contributed by atoms with Crippen LogP contribution in [-0.4, -0.2) is 56.5 Å². The van der Waals surface area contributed by atoms with Gasteiger partial charge < -0.3 is 10.2 Å². The lowest BCUT2D eigenvalue weighted by Gasteiger charge is -2.33. The fourth-order valence-corrected chi connectivity index (χ4v) is 3.67. The van der Waals surface area contributed by atoms with Crippen molar-refractivity contribution in [2.45, 2.75) is 51.7 Å². The topological polar surface area (TPSA) is 49.4 Å². The zero-order valence-electron chi connectivity index (χ0n) is 13.6. The minimum atomic E-state index is -2.99. The second-order valence-corrected chi connectivity index (χ2v) is 9.81. The first kappa shape index (κ1) is 17.9. The van der Waals surface area contributed by atoms with Crippen LogP contribution in [0.1, 0.15) is 47.0 Å². The van der Waals surface area contributed by atoms with Crippen LogP contribution >= 0.6 is 0 Å². The zero-order valence-corrected chi connectivity index (χ0v) is 14.4. The molecule has 1 heterocycles. The third-order valence-corrected chi connectivity index (χ3v) is 6.66. The summed E-state index contributed by atoms with van der Waals surface area (Å²) in [6.07, 6.45) is 3.62. The van der Waals surface area contributed by atoms with Crippen LogP contribution in [0.4, 0.5) is 0 Å². The lowest BCUT2D eigenvalue weighted by molar-refractivity contribution is 0.181. The van der Waals surface area contributed by atoms with Gasteiger partial charge in [0.1, 0.15) is 0 Å². The van der Waals surface area contributed by atoms with Crippen molar-refractivity contribution in [3.63, 3.8) is 0 Å². The van der Waals surface area contributed by atoms with Crippen molar-refractivity contribution in [1.82, 2.24) is 10.2 Å².